The van der Waals surface area contributed by atoms with Crippen molar-refractivity contribution in [2.45, 2.75) is 24.7 Å². The van der Waals surface area contributed by atoms with E-state index in [0.717, 1.165) is 11.0 Å². The van der Waals surface area contributed by atoms with Crippen LogP contribution < -0.4 is 10.2 Å². The Kier molecular flexibility index (Phi) is 3.08. The number of carbonyl (C=O) groups is 1. The Balaban J connectivity index is 2.02. The smallest absolute Gasteiger partial charge is 0.418 e. The number of hydrogen-bond donors (Lipinski definition) is 1. The molecule has 1 aromatic rings. The highest BCUT2D eigenvalue weighted by molar-refractivity contribution is 5.92. The molecule has 0 saturated carbocycles. The molecule has 7 heteroatoms. The quantitative estimate of drug-likeness (QED) is 0.862. The van der Waals surface area contributed by atoms with Crippen LogP contribution in [0.15, 0.2) is 24.3 Å². The number of anilines is 1. The van der Waals surface area contributed by atoms with Crippen molar-refractivity contribution < 1.29 is 22.7 Å². The zero-order valence-corrected chi connectivity index (χ0v) is 10.5. The molecule has 2 heterocycles. The number of benzene rings is 1. The summed E-state index contributed by atoms with van der Waals surface area (Å²) in [4.78, 5) is 13.1. The van der Waals surface area contributed by atoms with Gasteiger partial charge < -0.3 is 10.1 Å². The van der Waals surface area contributed by atoms with Crippen molar-refractivity contribution in [3.8, 4) is 0 Å². The van der Waals surface area contributed by atoms with Gasteiger partial charge in [0.15, 0.2) is 0 Å². The van der Waals surface area contributed by atoms with E-state index in [1.54, 1.807) is 0 Å². The summed E-state index contributed by atoms with van der Waals surface area (Å²) in [5.41, 5.74) is -0.954. The summed E-state index contributed by atoms with van der Waals surface area (Å²) < 4.78 is 44.4. The van der Waals surface area contributed by atoms with E-state index in [1.165, 1.54) is 18.2 Å². The molecule has 1 N–H and O–H groups in total. The van der Waals surface area contributed by atoms with Crippen molar-refractivity contribution in [2.75, 3.05) is 18.0 Å². The number of amides is 1. The first-order chi connectivity index (χ1) is 9.48. The van der Waals surface area contributed by atoms with Crippen LogP contribution in [0.1, 0.15) is 12.0 Å². The summed E-state index contributed by atoms with van der Waals surface area (Å²) in [7, 11) is 0. The molecule has 2 atom stereocenters. The molecule has 0 aliphatic carbocycles. The minimum Gasteiger partial charge on any atom is -0.444 e. The van der Waals surface area contributed by atoms with Crippen LogP contribution in [0, 0.1) is 0 Å². The minimum absolute atomic E-state index is 0.138. The third-order valence-corrected chi connectivity index (χ3v) is 3.64. The first-order valence-electron chi connectivity index (χ1n) is 6.35. The topological polar surface area (TPSA) is 41.6 Å². The van der Waals surface area contributed by atoms with Gasteiger partial charge in [-0.05, 0) is 25.1 Å². The lowest BCUT2D eigenvalue weighted by molar-refractivity contribution is -0.137. The summed E-state index contributed by atoms with van der Waals surface area (Å²) in [6, 6.07) is 4.69. The number of carbonyl (C=O) groups excluding carboxylic acids is 1. The largest absolute Gasteiger partial charge is 0.444 e. The summed E-state index contributed by atoms with van der Waals surface area (Å²) >= 11 is 0. The van der Waals surface area contributed by atoms with Gasteiger partial charge in [0.2, 0.25) is 0 Å². The Morgan fingerprint density at radius 3 is 2.80 bits per heavy atom. The van der Waals surface area contributed by atoms with E-state index in [2.05, 4.69) is 5.32 Å². The van der Waals surface area contributed by atoms with E-state index in [4.69, 9.17) is 4.74 Å². The standard InChI is InChI=1S/C13H13F3N2O2/c14-13(15,16)8-3-1-2-4-9(8)18-10-7-17-6-5-11(10)20-12(18)19/h1-4,10-11,17H,5-7H2. The van der Waals surface area contributed by atoms with E-state index in [1.807, 2.05) is 0 Å². The molecule has 4 nitrogen and oxygen atoms in total. The first-order valence-corrected chi connectivity index (χ1v) is 6.35. The lowest BCUT2D eigenvalue weighted by Gasteiger charge is -2.30. The Hall–Kier alpha value is -1.76. The molecule has 2 fully saturated rings. The van der Waals surface area contributed by atoms with Crippen LogP contribution in [0.25, 0.3) is 0 Å². The van der Waals surface area contributed by atoms with Crippen LogP contribution in [-0.2, 0) is 10.9 Å². The fraction of sp³-hybridized carbons (Fsp3) is 0.462. The number of para-hydroxylation sites is 1. The fourth-order valence-corrected chi connectivity index (χ4v) is 2.74. The van der Waals surface area contributed by atoms with Gasteiger partial charge in [-0.2, -0.15) is 13.2 Å². The molecule has 1 aromatic carbocycles. The zero-order valence-electron chi connectivity index (χ0n) is 10.5. The average Bonchev–Trinajstić information content (AvgIpc) is 2.73. The number of rotatable bonds is 1. The van der Waals surface area contributed by atoms with Crippen LogP contribution in [-0.4, -0.2) is 31.3 Å². The third kappa shape index (κ3) is 2.11. The van der Waals surface area contributed by atoms with Gasteiger partial charge in [-0.25, -0.2) is 4.79 Å². The summed E-state index contributed by atoms with van der Waals surface area (Å²) in [6.45, 7) is 1.13. The van der Waals surface area contributed by atoms with Gasteiger partial charge in [0.1, 0.15) is 6.10 Å². The van der Waals surface area contributed by atoms with Gasteiger partial charge in [-0.1, -0.05) is 12.1 Å². The molecule has 2 aliphatic rings. The van der Waals surface area contributed by atoms with Crippen LogP contribution in [0.3, 0.4) is 0 Å². The molecule has 2 aliphatic heterocycles. The van der Waals surface area contributed by atoms with E-state index in [0.29, 0.717) is 19.5 Å². The normalized spacial score (nSPS) is 26.4. The molecule has 3 rings (SSSR count). The summed E-state index contributed by atoms with van der Waals surface area (Å²) in [5, 5.41) is 3.08. The second-order valence-electron chi connectivity index (χ2n) is 4.87. The van der Waals surface area contributed by atoms with Crippen molar-refractivity contribution in [2.24, 2.45) is 0 Å². The van der Waals surface area contributed by atoms with Gasteiger partial charge in [-0.15, -0.1) is 0 Å². The molecule has 0 radical (unpaired) electrons. The maximum absolute atomic E-state index is 13.1. The van der Waals surface area contributed by atoms with E-state index < -0.39 is 17.8 Å². The van der Waals surface area contributed by atoms with Crippen molar-refractivity contribution in [3.63, 3.8) is 0 Å². The highest BCUT2D eigenvalue weighted by Crippen LogP contribution is 2.39. The van der Waals surface area contributed by atoms with Crippen LogP contribution in [0.5, 0.6) is 0 Å². The Labute approximate surface area is 113 Å². The third-order valence-electron chi connectivity index (χ3n) is 3.64. The van der Waals surface area contributed by atoms with Crippen molar-refractivity contribution >= 4 is 11.8 Å². The second-order valence-corrected chi connectivity index (χ2v) is 4.87. The molecular weight excluding hydrogens is 273 g/mol. The number of nitrogens with one attached hydrogen (secondary N) is 1. The number of hydrogen-bond acceptors (Lipinski definition) is 3. The molecule has 2 saturated heterocycles. The maximum atomic E-state index is 13.1. The van der Waals surface area contributed by atoms with Crippen LogP contribution in [0.4, 0.5) is 23.7 Å². The number of ether oxygens (including phenoxy) is 1. The molecule has 2 unspecified atom stereocenters. The first kappa shape index (κ1) is 13.2. The fourth-order valence-electron chi connectivity index (χ4n) is 2.74. The zero-order chi connectivity index (χ0) is 14.3. The van der Waals surface area contributed by atoms with Gasteiger partial charge in [0.05, 0.1) is 17.3 Å². The average molecular weight is 286 g/mol. The number of fused-ring (bicyclic) bond motifs is 1. The van der Waals surface area contributed by atoms with Crippen molar-refractivity contribution in [1.82, 2.24) is 5.32 Å². The number of piperidine rings is 1. The summed E-state index contributed by atoms with van der Waals surface area (Å²) in [5.74, 6) is 0. The molecule has 0 aromatic heterocycles. The lowest BCUT2D eigenvalue weighted by atomic mass is 10.0. The SMILES string of the molecule is O=C1OC2CCNCC2N1c1ccccc1C(F)(F)F. The maximum Gasteiger partial charge on any atom is 0.418 e. The molecule has 20 heavy (non-hydrogen) atoms. The predicted molar refractivity (Wildman–Crippen MR) is 65.5 cm³/mol. The minimum atomic E-state index is -4.50. The highest BCUT2D eigenvalue weighted by atomic mass is 19.4. The van der Waals surface area contributed by atoms with Crippen molar-refractivity contribution in [1.29, 1.82) is 0 Å². The van der Waals surface area contributed by atoms with E-state index in [9.17, 15) is 18.0 Å². The molecular formula is C13H13F3N2O2. The highest BCUT2D eigenvalue weighted by Gasteiger charge is 2.46. The number of nitrogens with zero attached hydrogens (tertiary/aromatic N) is 1. The van der Waals surface area contributed by atoms with Crippen LogP contribution in [0.2, 0.25) is 0 Å². The lowest BCUT2D eigenvalue weighted by Crippen LogP contribution is -2.49. The van der Waals surface area contributed by atoms with Gasteiger partial charge >= 0.3 is 12.3 Å². The second kappa shape index (κ2) is 4.66. The molecule has 0 spiro atoms. The Morgan fingerprint density at radius 1 is 1.30 bits per heavy atom. The summed E-state index contributed by atoms with van der Waals surface area (Å²) in [6.07, 6.45) is -4.94. The van der Waals surface area contributed by atoms with Crippen molar-refractivity contribution in [3.05, 3.63) is 29.8 Å². The van der Waals surface area contributed by atoms with Gasteiger partial charge in [0, 0.05) is 6.54 Å². The Morgan fingerprint density at radius 2 is 2.05 bits per heavy atom. The molecule has 108 valence electrons. The monoisotopic (exact) mass is 286 g/mol. The number of halogens is 3. The molecule has 1 amide bonds. The predicted octanol–water partition coefficient (Wildman–Crippen LogP) is 2.39. The van der Waals surface area contributed by atoms with E-state index >= 15 is 0 Å². The van der Waals surface area contributed by atoms with Crippen LogP contribution >= 0.6 is 0 Å². The number of alkyl halides is 3. The molecule has 0 bridgehead atoms. The van der Waals surface area contributed by atoms with Gasteiger partial charge in [-0.3, -0.25) is 4.90 Å². The van der Waals surface area contributed by atoms with E-state index in [-0.39, 0.29) is 17.8 Å². The Bertz CT molecular complexity index is 533. The van der Waals surface area contributed by atoms with Gasteiger partial charge in [0.25, 0.3) is 0 Å².